The quantitative estimate of drug-likeness (QED) is 0.0912. The van der Waals surface area contributed by atoms with E-state index in [0.717, 1.165) is 23.1 Å². The zero-order valence-corrected chi connectivity index (χ0v) is 25.7. The molecule has 238 valence electrons. The van der Waals surface area contributed by atoms with E-state index in [2.05, 4.69) is 47.2 Å². The third kappa shape index (κ3) is 12.5. The SMILES string of the molecule is CC(C)(CNC(=O)O)CNC(=O)c1ccc(Nc2nc(NCc3ccc(OCCCBr)cc3)cc(OCC(F)(F)F)n2)cc1. The number of nitrogens with one attached hydrogen (secondary N) is 4. The Balaban J connectivity index is 1.66. The first-order valence-electron chi connectivity index (χ1n) is 13.5. The van der Waals surface area contributed by atoms with Gasteiger partial charge < -0.3 is 35.8 Å². The van der Waals surface area contributed by atoms with E-state index in [4.69, 9.17) is 14.6 Å². The largest absolute Gasteiger partial charge is 0.494 e. The van der Waals surface area contributed by atoms with Gasteiger partial charge in [-0.3, -0.25) is 4.79 Å². The van der Waals surface area contributed by atoms with E-state index in [9.17, 15) is 22.8 Å². The molecule has 1 aromatic heterocycles. The summed E-state index contributed by atoms with van der Waals surface area (Å²) in [6.45, 7) is 3.40. The van der Waals surface area contributed by atoms with Crippen LogP contribution in [-0.2, 0) is 6.54 Å². The van der Waals surface area contributed by atoms with Crippen molar-refractivity contribution >= 4 is 45.4 Å². The molecule has 15 heteroatoms. The molecule has 2 aromatic carbocycles. The molecule has 0 radical (unpaired) electrons. The fourth-order valence-electron chi connectivity index (χ4n) is 3.57. The number of nitrogens with zero attached hydrogens (tertiary/aromatic N) is 2. The summed E-state index contributed by atoms with van der Waals surface area (Å²) >= 11 is 3.35. The minimum atomic E-state index is -4.55. The Labute approximate surface area is 261 Å². The monoisotopic (exact) mass is 682 g/mol. The van der Waals surface area contributed by atoms with E-state index in [1.807, 2.05) is 38.1 Å². The molecule has 3 aromatic rings. The Morgan fingerprint density at radius 1 is 0.955 bits per heavy atom. The smallest absolute Gasteiger partial charge is 0.422 e. The molecule has 0 spiro atoms. The number of carboxylic acid groups (broad SMARTS) is 1. The maximum atomic E-state index is 12.8. The van der Waals surface area contributed by atoms with E-state index < -0.39 is 24.3 Å². The number of hydrogen-bond donors (Lipinski definition) is 5. The van der Waals surface area contributed by atoms with Crippen LogP contribution in [0, 0.1) is 5.41 Å². The number of carbonyl (C=O) groups excluding carboxylic acids is 1. The summed E-state index contributed by atoms with van der Waals surface area (Å²) in [7, 11) is 0. The van der Waals surface area contributed by atoms with Gasteiger partial charge in [0.2, 0.25) is 11.8 Å². The average Bonchev–Trinajstić information content (AvgIpc) is 2.98. The Kier molecular flexibility index (Phi) is 12.4. The number of alkyl halides is 4. The lowest BCUT2D eigenvalue weighted by Crippen LogP contribution is -2.41. The molecule has 3 rings (SSSR count). The van der Waals surface area contributed by atoms with Gasteiger partial charge in [-0.1, -0.05) is 41.9 Å². The fraction of sp³-hybridized carbons (Fsp3) is 0.379. The molecule has 2 amide bonds. The molecule has 5 N–H and O–H groups in total. The Morgan fingerprint density at radius 3 is 2.27 bits per heavy atom. The molecule has 0 bridgehead atoms. The van der Waals surface area contributed by atoms with Crippen molar-refractivity contribution < 1.29 is 37.3 Å². The number of anilines is 3. The van der Waals surface area contributed by atoms with Crippen LogP contribution in [0.4, 0.5) is 35.4 Å². The second kappa shape index (κ2) is 16.0. The van der Waals surface area contributed by atoms with E-state index in [1.165, 1.54) is 6.07 Å². The van der Waals surface area contributed by atoms with E-state index >= 15 is 0 Å². The van der Waals surface area contributed by atoms with Gasteiger partial charge in [0.15, 0.2) is 6.61 Å². The highest BCUT2D eigenvalue weighted by Gasteiger charge is 2.29. The maximum absolute atomic E-state index is 12.8. The summed E-state index contributed by atoms with van der Waals surface area (Å²) in [5, 5.41) is 20.7. The highest BCUT2D eigenvalue weighted by atomic mass is 79.9. The molecule has 1 heterocycles. The summed E-state index contributed by atoms with van der Waals surface area (Å²) in [6, 6.07) is 14.9. The van der Waals surface area contributed by atoms with E-state index in [1.54, 1.807) is 24.3 Å². The molecule has 0 atom stereocenters. The lowest BCUT2D eigenvalue weighted by Gasteiger charge is -2.24. The van der Waals surface area contributed by atoms with E-state index in [-0.39, 0.29) is 36.6 Å². The standard InChI is InChI=1S/C29H34BrF3N6O5/c1-28(2,17-36-27(41)42)16-35-25(40)20-6-8-21(9-7-20)37-26-38-23(14-24(39-26)44-18-29(31,32)33)34-15-19-4-10-22(11-5-19)43-13-3-12-30/h4-11,14,36H,3,12-13,15-18H2,1-2H3,(H,35,40)(H,41,42)(H2,34,37,38,39). The summed E-state index contributed by atoms with van der Waals surface area (Å²) in [5.41, 5.74) is 1.20. The summed E-state index contributed by atoms with van der Waals surface area (Å²) in [4.78, 5) is 31.7. The molecule has 0 fully saturated rings. The maximum Gasteiger partial charge on any atom is 0.422 e. The van der Waals surface area contributed by atoms with Gasteiger partial charge in [-0.15, -0.1) is 0 Å². The highest BCUT2D eigenvalue weighted by Crippen LogP contribution is 2.23. The van der Waals surface area contributed by atoms with E-state index in [0.29, 0.717) is 24.4 Å². The molecule has 0 saturated carbocycles. The average molecular weight is 684 g/mol. The zero-order chi connectivity index (χ0) is 32.2. The lowest BCUT2D eigenvalue weighted by molar-refractivity contribution is -0.154. The molecule has 0 aliphatic carbocycles. The van der Waals surface area contributed by atoms with Crippen LogP contribution in [0.5, 0.6) is 11.6 Å². The van der Waals surface area contributed by atoms with Gasteiger partial charge in [-0.25, -0.2) is 4.79 Å². The number of halogens is 4. The first-order valence-corrected chi connectivity index (χ1v) is 14.7. The van der Waals surface area contributed by atoms with Crippen molar-refractivity contribution in [2.75, 3.05) is 42.3 Å². The first-order chi connectivity index (χ1) is 20.8. The number of rotatable bonds is 16. The van der Waals surface area contributed by atoms with Crippen LogP contribution < -0.4 is 30.7 Å². The van der Waals surface area contributed by atoms with Gasteiger partial charge in [0.1, 0.15) is 11.6 Å². The van der Waals surface area contributed by atoms with Gasteiger partial charge in [-0.2, -0.15) is 23.1 Å². The highest BCUT2D eigenvalue weighted by molar-refractivity contribution is 9.09. The fourth-order valence-corrected chi connectivity index (χ4v) is 3.80. The Hall–Kier alpha value is -4.27. The van der Waals surface area contributed by atoms with Gasteiger partial charge in [0, 0.05) is 42.3 Å². The van der Waals surface area contributed by atoms with Crippen molar-refractivity contribution in [3.63, 3.8) is 0 Å². The van der Waals surface area contributed by atoms with Crippen LogP contribution in [0.15, 0.2) is 54.6 Å². The number of aromatic nitrogens is 2. The van der Waals surface area contributed by atoms with Crippen molar-refractivity contribution in [3.8, 4) is 11.6 Å². The number of amides is 2. The van der Waals surface area contributed by atoms with Crippen molar-refractivity contribution in [2.45, 2.75) is 33.0 Å². The second-order valence-electron chi connectivity index (χ2n) is 10.4. The van der Waals surface area contributed by atoms with Gasteiger partial charge >= 0.3 is 12.3 Å². The van der Waals surface area contributed by atoms with Crippen LogP contribution >= 0.6 is 15.9 Å². The molecular formula is C29H34BrF3N6O5. The zero-order valence-electron chi connectivity index (χ0n) is 24.1. The molecule has 0 aliphatic heterocycles. The van der Waals surface area contributed by atoms with Gasteiger partial charge in [0.05, 0.1) is 6.61 Å². The summed E-state index contributed by atoms with van der Waals surface area (Å²) in [6.07, 6.45) is -4.82. The number of hydrogen-bond acceptors (Lipinski definition) is 8. The van der Waals surface area contributed by atoms with Crippen LogP contribution in [0.25, 0.3) is 0 Å². The molecule has 0 aliphatic rings. The molecule has 0 unspecified atom stereocenters. The van der Waals surface area contributed by atoms with Gasteiger partial charge in [0.25, 0.3) is 5.91 Å². The second-order valence-corrected chi connectivity index (χ2v) is 11.2. The number of carbonyl (C=O) groups is 2. The molecule has 11 nitrogen and oxygen atoms in total. The van der Waals surface area contributed by atoms with Crippen molar-refractivity contribution in [3.05, 3.63) is 65.7 Å². The Morgan fingerprint density at radius 2 is 1.64 bits per heavy atom. The topological polar surface area (TPSA) is 147 Å². The summed E-state index contributed by atoms with van der Waals surface area (Å²) < 4.78 is 48.9. The van der Waals surface area contributed by atoms with Gasteiger partial charge in [-0.05, 0) is 53.8 Å². The van der Waals surface area contributed by atoms with Crippen molar-refractivity contribution in [2.24, 2.45) is 5.41 Å². The minimum Gasteiger partial charge on any atom is -0.494 e. The third-order valence-electron chi connectivity index (χ3n) is 5.88. The first kappa shape index (κ1) is 34.2. The number of benzene rings is 2. The normalized spacial score (nSPS) is 11.4. The van der Waals surface area contributed by atoms with Crippen LogP contribution in [-0.4, -0.2) is 64.9 Å². The van der Waals surface area contributed by atoms with Crippen LogP contribution in [0.2, 0.25) is 0 Å². The predicted molar refractivity (Wildman–Crippen MR) is 163 cm³/mol. The van der Waals surface area contributed by atoms with Crippen molar-refractivity contribution in [1.29, 1.82) is 0 Å². The predicted octanol–water partition coefficient (Wildman–Crippen LogP) is 5.96. The van der Waals surface area contributed by atoms with Crippen molar-refractivity contribution in [1.82, 2.24) is 20.6 Å². The number of ether oxygens (including phenoxy) is 2. The molecule has 44 heavy (non-hydrogen) atoms. The third-order valence-corrected chi connectivity index (χ3v) is 6.44. The van der Waals surface area contributed by atoms with Crippen LogP contribution in [0.1, 0.15) is 36.2 Å². The Bertz CT molecular complexity index is 1380. The summed E-state index contributed by atoms with van der Waals surface area (Å²) in [5.74, 6) is 0.296. The molecule has 0 saturated heterocycles. The van der Waals surface area contributed by atoms with Crippen LogP contribution in [0.3, 0.4) is 0 Å². The minimum absolute atomic E-state index is 0.0207. The molecular weight excluding hydrogens is 649 g/mol. The lowest BCUT2D eigenvalue weighted by atomic mass is 9.93.